The highest BCUT2D eigenvalue weighted by molar-refractivity contribution is 7.90. The van der Waals surface area contributed by atoms with E-state index in [0.717, 1.165) is 17.2 Å². The van der Waals surface area contributed by atoms with E-state index in [0.29, 0.717) is 30.1 Å². The molecule has 0 radical (unpaired) electrons. The molecule has 0 fully saturated rings. The van der Waals surface area contributed by atoms with E-state index in [1.165, 1.54) is 12.1 Å². The Morgan fingerprint density at radius 3 is 2.75 bits per heavy atom. The first kappa shape index (κ1) is 18.2. The molecule has 0 amide bonds. The van der Waals surface area contributed by atoms with Crippen LogP contribution in [0.25, 0.3) is 10.8 Å². The molecule has 0 aromatic heterocycles. The van der Waals surface area contributed by atoms with Gasteiger partial charge in [-0.2, -0.15) is 0 Å². The number of nitrogens with one attached hydrogen (secondary N) is 1. The van der Waals surface area contributed by atoms with Gasteiger partial charge in [0.2, 0.25) is 0 Å². The largest absolute Gasteiger partial charge is 0.507 e. The van der Waals surface area contributed by atoms with Crippen LogP contribution in [-0.4, -0.2) is 32.1 Å². The van der Waals surface area contributed by atoms with Crippen molar-refractivity contribution in [1.82, 2.24) is 4.72 Å². The Morgan fingerprint density at radius 2 is 1.93 bits per heavy atom. The molecule has 0 aliphatic carbocycles. The third kappa shape index (κ3) is 3.75. The van der Waals surface area contributed by atoms with E-state index in [-0.39, 0.29) is 10.6 Å². The summed E-state index contributed by atoms with van der Waals surface area (Å²) in [7, 11) is -3.70. The van der Waals surface area contributed by atoms with Gasteiger partial charge in [-0.1, -0.05) is 36.4 Å². The number of aromatic hydroxyl groups is 1. The maximum absolute atomic E-state index is 12.6. The minimum Gasteiger partial charge on any atom is -0.507 e. The van der Waals surface area contributed by atoms with Gasteiger partial charge in [0.1, 0.15) is 11.6 Å². The second-order valence-corrected chi connectivity index (χ2v) is 8.19. The fraction of sp³-hybridized carbons (Fsp3) is 0.143. The van der Waals surface area contributed by atoms with Crippen LogP contribution in [0, 0.1) is 0 Å². The van der Waals surface area contributed by atoms with Gasteiger partial charge in [-0.25, -0.2) is 8.42 Å². The number of nitrogens with zero attached hydrogens (tertiary/aromatic N) is 2. The summed E-state index contributed by atoms with van der Waals surface area (Å²) in [5.41, 5.74) is 1.06. The minimum absolute atomic E-state index is 0.118. The van der Waals surface area contributed by atoms with E-state index < -0.39 is 10.0 Å². The Labute approximate surface area is 163 Å². The molecule has 1 aliphatic heterocycles. The number of sulfonamides is 1. The van der Waals surface area contributed by atoms with E-state index in [1.54, 1.807) is 24.4 Å². The molecule has 0 unspecified atom stereocenters. The Bertz CT molecular complexity index is 1200. The van der Waals surface area contributed by atoms with Crippen LogP contribution in [0.4, 0.5) is 5.69 Å². The maximum Gasteiger partial charge on any atom is 0.262 e. The molecule has 0 saturated heterocycles. The average molecular weight is 393 g/mol. The monoisotopic (exact) mass is 393 g/mol. The first-order chi connectivity index (χ1) is 13.5. The molecule has 6 nitrogen and oxygen atoms in total. The quantitative estimate of drug-likeness (QED) is 0.661. The second-order valence-electron chi connectivity index (χ2n) is 6.51. The summed E-state index contributed by atoms with van der Waals surface area (Å²) in [6, 6.07) is 17.5. The molecule has 2 N–H and O–H groups in total. The van der Waals surface area contributed by atoms with Crippen molar-refractivity contribution >= 4 is 38.5 Å². The average Bonchev–Trinajstić information content (AvgIpc) is 3.20. The van der Waals surface area contributed by atoms with Crippen LogP contribution >= 0.6 is 0 Å². The van der Waals surface area contributed by atoms with Crippen molar-refractivity contribution in [3.8, 4) is 5.75 Å². The second kappa shape index (κ2) is 7.44. The molecule has 0 atom stereocenters. The van der Waals surface area contributed by atoms with Crippen molar-refractivity contribution < 1.29 is 13.5 Å². The fourth-order valence-electron chi connectivity index (χ4n) is 3.13. The van der Waals surface area contributed by atoms with Gasteiger partial charge in [0, 0.05) is 24.7 Å². The molecule has 0 bridgehead atoms. The Kier molecular flexibility index (Phi) is 4.83. The molecule has 0 saturated carbocycles. The first-order valence-electron chi connectivity index (χ1n) is 8.94. The topological polar surface area (TPSA) is 91.1 Å². The molecule has 1 aliphatic rings. The molecule has 7 heteroatoms. The summed E-state index contributed by atoms with van der Waals surface area (Å²) in [5, 5.41) is 12.1. The van der Waals surface area contributed by atoms with Gasteiger partial charge in [-0.3, -0.25) is 14.7 Å². The summed E-state index contributed by atoms with van der Waals surface area (Å²) in [5.74, 6) is 0.613. The van der Waals surface area contributed by atoms with Crippen LogP contribution in [0.2, 0.25) is 0 Å². The van der Waals surface area contributed by atoms with Crippen LogP contribution in [-0.2, 0) is 10.0 Å². The SMILES string of the molecule is O=S(=O)(NC1=NCCC1)c1cccc(N=Cc2c(O)ccc3ccccc23)c1. The van der Waals surface area contributed by atoms with Crippen LogP contribution in [0.5, 0.6) is 5.75 Å². The summed E-state index contributed by atoms with van der Waals surface area (Å²) < 4.78 is 27.7. The lowest BCUT2D eigenvalue weighted by molar-refractivity contribution is 0.475. The van der Waals surface area contributed by atoms with Crippen molar-refractivity contribution in [3.63, 3.8) is 0 Å². The number of phenolic OH excluding ortho intramolecular Hbond substituents is 1. The number of phenols is 1. The molecule has 3 aromatic carbocycles. The van der Waals surface area contributed by atoms with E-state index in [4.69, 9.17) is 0 Å². The van der Waals surface area contributed by atoms with E-state index in [2.05, 4.69) is 14.7 Å². The Morgan fingerprint density at radius 1 is 1.07 bits per heavy atom. The van der Waals surface area contributed by atoms with Gasteiger partial charge < -0.3 is 5.11 Å². The van der Waals surface area contributed by atoms with Gasteiger partial charge in [-0.05, 0) is 41.5 Å². The first-order valence-corrected chi connectivity index (χ1v) is 10.4. The standard InChI is InChI=1S/C21H19N3O3S/c25-20-11-10-15-5-1-2-8-18(15)19(20)14-23-16-6-3-7-17(13-16)28(26,27)24-21-9-4-12-22-21/h1-3,5-8,10-11,13-14,25H,4,9,12H2,(H,22,24). The normalized spacial score (nSPS) is 14.5. The third-order valence-electron chi connectivity index (χ3n) is 4.54. The summed E-state index contributed by atoms with van der Waals surface area (Å²) in [6.07, 6.45) is 3.05. The maximum atomic E-state index is 12.6. The van der Waals surface area contributed by atoms with Crippen LogP contribution in [0.15, 0.2) is 75.5 Å². The van der Waals surface area contributed by atoms with Crippen molar-refractivity contribution in [2.75, 3.05) is 6.54 Å². The zero-order valence-electron chi connectivity index (χ0n) is 15.0. The predicted octanol–water partition coefficient (Wildman–Crippen LogP) is 3.77. The van der Waals surface area contributed by atoms with Crippen LogP contribution < -0.4 is 4.72 Å². The third-order valence-corrected chi connectivity index (χ3v) is 5.92. The molecule has 3 aromatic rings. The lowest BCUT2D eigenvalue weighted by Gasteiger charge is -2.08. The Balaban J connectivity index is 1.65. The number of hydrogen-bond acceptors (Lipinski definition) is 5. The lowest BCUT2D eigenvalue weighted by Crippen LogP contribution is -2.29. The zero-order valence-corrected chi connectivity index (χ0v) is 15.9. The van der Waals surface area contributed by atoms with Crippen molar-refractivity contribution in [2.45, 2.75) is 17.7 Å². The zero-order chi connectivity index (χ0) is 19.6. The summed E-state index contributed by atoms with van der Waals surface area (Å²) in [4.78, 5) is 8.66. The summed E-state index contributed by atoms with van der Waals surface area (Å²) in [6.45, 7) is 0.650. The van der Waals surface area contributed by atoms with E-state index in [9.17, 15) is 13.5 Å². The van der Waals surface area contributed by atoms with Crippen molar-refractivity contribution in [3.05, 3.63) is 66.2 Å². The van der Waals surface area contributed by atoms with Crippen molar-refractivity contribution in [1.29, 1.82) is 0 Å². The lowest BCUT2D eigenvalue weighted by atomic mass is 10.0. The van der Waals surface area contributed by atoms with Crippen LogP contribution in [0.1, 0.15) is 18.4 Å². The fourth-order valence-corrected chi connectivity index (χ4v) is 4.26. The predicted molar refractivity (Wildman–Crippen MR) is 111 cm³/mol. The van der Waals surface area contributed by atoms with Crippen LogP contribution in [0.3, 0.4) is 0 Å². The molecule has 0 spiro atoms. The highest BCUT2D eigenvalue weighted by Crippen LogP contribution is 2.26. The van der Waals surface area contributed by atoms with Gasteiger partial charge in [-0.15, -0.1) is 0 Å². The smallest absolute Gasteiger partial charge is 0.262 e. The van der Waals surface area contributed by atoms with Gasteiger partial charge in [0.05, 0.1) is 10.6 Å². The molecule has 1 heterocycles. The number of amidine groups is 1. The van der Waals surface area contributed by atoms with E-state index in [1.807, 2.05) is 30.3 Å². The summed E-state index contributed by atoms with van der Waals surface area (Å²) >= 11 is 0. The van der Waals surface area contributed by atoms with Gasteiger partial charge >= 0.3 is 0 Å². The Hall–Kier alpha value is -3.19. The molecular formula is C21H19N3O3S. The van der Waals surface area contributed by atoms with E-state index >= 15 is 0 Å². The highest BCUT2D eigenvalue weighted by Gasteiger charge is 2.18. The molecular weight excluding hydrogens is 374 g/mol. The van der Waals surface area contributed by atoms with Gasteiger partial charge in [0.25, 0.3) is 10.0 Å². The number of benzene rings is 3. The minimum atomic E-state index is -3.70. The molecule has 4 rings (SSSR count). The molecule has 28 heavy (non-hydrogen) atoms. The number of rotatable bonds is 4. The number of fused-ring (bicyclic) bond motifs is 1. The number of hydrogen-bond donors (Lipinski definition) is 2. The number of aliphatic imine (C=N–C) groups is 2. The molecule has 142 valence electrons. The van der Waals surface area contributed by atoms with Crippen molar-refractivity contribution in [2.24, 2.45) is 9.98 Å². The highest BCUT2D eigenvalue weighted by atomic mass is 32.2. The van der Waals surface area contributed by atoms with Gasteiger partial charge in [0.15, 0.2) is 0 Å².